The molecule has 0 saturated heterocycles. The second-order valence-corrected chi connectivity index (χ2v) is 6.51. The number of fused-ring (bicyclic) bond motifs is 1. The number of guanidine groups is 1. The van der Waals surface area contributed by atoms with Crippen LogP contribution in [0, 0.1) is 0 Å². The van der Waals surface area contributed by atoms with Crippen molar-refractivity contribution in [3.8, 4) is 0 Å². The number of aliphatic imine (C=N–C) groups is 1. The molecule has 3 rings (SSSR count). The lowest BCUT2D eigenvalue weighted by atomic mass is 10.00. The Hall–Kier alpha value is -2.41. The normalized spacial score (nSPS) is 14.9. The van der Waals surface area contributed by atoms with E-state index in [1.807, 2.05) is 7.05 Å². The Morgan fingerprint density at radius 1 is 1.15 bits per heavy atom. The Bertz CT molecular complexity index is 722. The van der Waals surface area contributed by atoms with Crippen molar-refractivity contribution in [2.75, 3.05) is 33.2 Å². The molecule has 7 heteroatoms. The Morgan fingerprint density at radius 3 is 2.69 bits per heavy atom. The van der Waals surface area contributed by atoms with Crippen molar-refractivity contribution in [2.24, 2.45) is 4.99 Å². The van der Waals surface area contributed by atoms with E-state index in [1.165, 1.54) is 11.1 Å². The zero-order valence-corrected chi connectivity index (χ0v) is 15.8. The highest BCUT2D eigenvalue weighted by Gasteiger charge is 2.15. The third kappa shape index (κ3) is 4.82. The van der Waals surface area contributed by atoms with Gasteiger partial charge in [-0.3, -0.25) is 9.89 Å². The lowest BCUT2D eigenvalue weighted by Crippen LogP contribution is -2.43. The quantitative estimate of drug-likeness (QED) is 0.574. The average molecular weight is 355 g/mol. The van der Waals surface area contributed by atoms with Crippen LogP contribution in [0.3, 0.4) is 0 Å². The molecule has 1 aliphatic rings. The first-order chi connectivity index (χ1) is 12.8. The lowest BCUT2D eigenvalue weighted by Gasteiger charge is -2.28. The van der Waals surface area contributed by atoms with E-state index in [9.17, 15) is 0 Å². The van der Waals surface area contributed by atoms with Crippen molar-refractivity contribution in [3.05, 3.63) is 47.5 Å². The molecule has 0 atom stereocenters. The molecular weight excluding hydrogens is 326 g/mol. The van der Waals surface area contributed by atoms with E-state index >= 15 is 0 Å². The van der Waals surface area contributed by atoms with Gasteiger partial charge >= 0.3 is 0 Å². The minimum Gasteiger partial charge on any atom is -0.355 e. The van der Waals surface area contributed by atoms with Crippen LogP contribution in [0.15, 0.2) is 35.6 Å². The predicted octanol–water partition coefficient (Wildman–Crippen LogP) is 1.06. The summed E-state index contributed by atoms with van der Waals surface area (Å²) in [5.74, 6) is 1.86. The van der Waals surface area contributed by atoms with Crippen molar-refractivity contribution in [1.29, 1.82) is 0 Å². The molecule has 2 aromatic rings. The van der Waals surface area contributed by atoms with Gasteiger partial charge in [0.25, 0.3) is 0 Å². The van der Waals surface area contributed by atoms with E-state index in [4.69, 9.17) is 0 Å². The molecule has 2 N–H and O–H groups in total. The standard InChI is InChI=1S/C19H29N7/c1-3-18-24-23-15-26(18)13-10-22-19(20-2)21-9-12-25-11-8-16-6-4-5-7-17(16)14-25/h4-7,15H,3,8-14H2,1-2H3,(H2,20,21,22). The molecule has 0 aliphatic carbocycles. The summed E-state index contributed by atoms with van der Waals surface area (Å²) in [6.07, 6.45) is 3.82. The third-order valence-electron chi connectivity index (χ3n) is 4.81. The summed E-state index contributed by atoms with van der Waals surface area (Å²) >= 11 is 0. The first-order valence-electron chi connectivity index (χ1n) is 9.40. The second-order valence-electron chi connectivity index (χ2n) is 6.51. The van der Waals surface area contributed by atoms with E-state index in [0.717, 1.165) is 63.9 Å². The fourth-order valence-electron chi connectivity index (χ4n) is 3.33. The van der Waals surface area contributed by atoms with Crippen molar-refractivity contribution < 1.29 is 0 Å². The van der Waals surface area contributed by atoms with Gasteiger partial charge < -0.3 is 15.2 Å². The molecule has 0 fully saturated rings. The van der Waals surface area contributed by atoms with E-state index in [-0.39, 0.29) is 0 Å². The van der Waals surface area contributed by atoms with Crippen molar-refractivity contribution in [1.82, 2.24) is 30.3 Å². The van der Waals surface area contributed by atoms with Crippen LogP contribution in [0.1, 0.15) is 23.9 Å². The van der Waals surface area contributed by atoms with E-state index < -0.39 is 0 Å². The van der Waals surface area contributed by atoms with Gasteiger partial charge in [-0.15, -0.1) is 10.2 Å². The SMILES string of the molecule is CCc1nncn1CCNC(=NC)NCCN1CCc2ccccc2C1. The maximum absolute atomic E-state index is 4.30. The van der Waals surface area contributed by atoms with Gasteiger partial charge in [-0.2, -0.15) is 0 Å². The molecule has 0 radical (unpaired) electrons. The maximum atomic E-state index is 4.30. The van der Waals surface area contributed by atoms with Crippen LogP contribution in [-0.2, 0) is 25.9 Å². The van der Waals surface area contributed by atoms with Crippen LogP contribution in [0.2, 0.25) is 0 Å². The van der Waals surface area contributed by atoms with Crippen LogP contribution in [0.5, 0.6) is 0 Å². The molecule has 1 aromatic heterocycles. The van der Waals surface area contributed by atoms with Crippen molar-refractivity contribution in [2.45, 2.75) is 32.9 Å². The zero-order chi connectivity index (χ0) is 18.2. The number of benzene rings is 1. The van der Waals surface area contributed by atoms with Gasteiger partial charge in [0.05, 0.1) is 0 Å². The predicted molar refractivity (Wildman–Crippen MR) is 104 cm³/mol. The lowest BCUT2D eigenvalue weighted by molar-refractivity contribution is 0.258. The summed E-state index contributed by atoms with van der Waals surface area (Å²) in [5.41, 5.74) is 2.96. The molecule has 140 valence electrons. The highest BCUT2D eigenvalue weighted by atomic mass is 15.3. The van der Waals surface area contributed by atoms with E-state index in [1.54, 1.807) is 6.33 Å². The Kier molecular flexibility index (Phi) is 6.60. The smallest absolute Gasteiger partial charge is 0.191 e. The molecule has 0 bridgehead atoms. The first-order valence-corrected chi connectivity index (χ1v) is 9.40. The number of nitrogens with zero attached hydrogens (tertiary/aromatic N) is 5. The van der Waals surface area contributed by atoms with Crippen molar-refractivity contribution in [3.63, 3.8) is 0 Å². The van der Waals surface area contributed by atoms with Crippen LogP contribution < -0.4 is 10.6 Å². The minimum absolute atomic E-state index is 0.793. The Balaban J connectivity index is 1.37. The third-order valence-corrected chi connectivity index (χ3v) is 4.81. The number of aryl methyl sites for hydroxylation is 1. The summed E-state index contributed by atoms with van der Waals surface area (Å²) in [7, 11) is 1.81. The summed E-state index contributed by atoms with van der Waals surface area (Å²) in [4.78, 5) is 6.80. The highest BCUT2D eigenvalue weighted by Crippen LogP contribution is 2.17. The molecule has 0 amide bonds. The summed E-state index contributed by atoms with van der Waals surface area (Å²) < 4.78 is 2.07. The molecule has 0 spiro atoms. The number of nitrogens with one attached hydrogen (secondary N) is 2. The van der Waals surface area contributed by atoms with Gasteiger partial charge in [0.15, 0.2) is 5.96 Å². The molecule has 7 nitrogen and oxygen atoms in total. The molecule has 1 aromatic carbocycles. The second kappa shape index (κ2) is 9.33. The van der Waals surface area contributed by atoms with Gasteiger partial charge in [-0.05, 0) is 17.5 Å². The van der Waals surface area contributed by atoms with E-state index in [2.05, 4.69) is 66.5 Å². The Labute approximate surface area is 155 Å². The van der Waals surface area contributed by atoms with Crippen LogP contribution in [0.25, 0.3) is 0 Å². The van der Waals surface area contributed by atoms with Crippen molar-refractivity contribution >= 4 is 5.96 Å². The first kappa shape index (κ1) is 18.4. The number of hydrogen-bond acceptors (Lipinski definition) is 4. The van der Waals surface area contributed by atoms with Crippen LogP contribution >= 0.6 is 0 Å². The van der Waals surface area contributed by atoms with E-state index in [0.29, 0.717) is 0 Å². The van der Waals surface area contributed by atoms with Gasteiger partial charge in [0, 0.05) is 52.7 Å². The Morgan fingerprint density at radius 2 is 1.92 bits per heavy atom. The molecule has 0 unspecified atom stereocenters. The number of rotatable bonds is 7. The monoisotopic (exact) mass is 355 g/mol. The summed E-state index contributed by atoms with van der Waals surface area (Å²) in [5, 5.41) is 14.8. The average Bonchev–Trinajstić information content (AvgIpc) is 3.14. The topological polar surface area (TPSA) is 70.4 Å². The maximum Gasteiger partial charge on any atom is 0.191 e. The van der Waals surface area contributed by atoms with Gasteiger partial charge in [-0.25, -0.2) is 0 Å². The zero-order valence-electron chi connectivity index (χ0n) is 15.8. The van der Waals surface area contributed by atoms with Crippen LogP contribution in [0.4, 0.5) is 0 Å². The number of aromatic nitrogens is 3. The molecule has 0 saturated carbocycles. The van der Waals surface area contributed by atoms with Gasteiger partial charge in [-0.1, -0.05) is 31.2 Å². The van der Waals surface area contributed by atoms with Crippen LogP contribution in [-0.4, -0.2) is 58.9 Å². The molecular formula is C19H29N7. The molecule has 2 heterocycles. The van der Waals surface area contributed by atoms with Gasteiger partial charge in [0.1, 0.15) is 12.2 Å². The fraction of sp³-hybridized carbons (Fsp3) is 0.526. The fourth-order valence-corrected chi connectivity index (χ4v) is 3.33. The molecule has 1 aliphatic heterocycles. The summed E-state index contributed by atoms with van der Waals surface area (Å²) in [6.45, 7) is 7.78. The summed E-state index contributed by atoms with van der Waals surface area (Å²) in [6, 6.07) is 8.75. The van der Waals surface area contributed by atoms with Gasteiger partial charge in [0.2, 0.25) is 0 Å². The highest BCUT2D eigenvalue weighted by molar-refractivity contribution is 5.79. The largest absolute Gasteiger partial charge is 0.355 e. The molecule has 26 heavy (non-hydrogen) atoms. The minimum atomic E-state index is 0.793. The number of hydrogen-bond donors (Lipinski definition) is 2.